The summed E-state index contributed by atoms with van der Waals surface area (Å²) in [6.07, 6.45) is 0.281. The Morgan fingerprint density at radius 3 is 3.00 bits per heavy atom. The Hall–Kier alpha value is -0.650. The van der Waals surface area contributed by atoms with Crippen molar-refractivity contribution >= 4 is 16.5 Å². The van der Waals surface area contributed by atoms with Crippen LogP contribution in [0.1, 0.15) is 10.6 Å². The van der Waals surface area contributed by atoms with Crippen molar-refractivity contribution in [3.05, 3.63) is 10.6 Å². The van der Waals surface area contributed by atoms with E-state index in [2.05, 4.69) is 29.2 Å². The molecule has 0 aliphatic carbocycles. The first-order valence-electron chi connectivity index (χ1n) is 5.63. The van der Waals surface area contributed by atoms with Crippen LogP contribution in [0.2, 0.25) is 0 Å². The molecule has 90 valence electrons. The van der Waals surface area contributed by atoms with E-state index in [1.54, 1.807) is 11.3 Å². The molecule has 0 saturated carbocycles. The molecule has 16 heavy (non-hydrogen) atoms. The van der Waals surface area contributed by atoms with Gasteiger partial charge in [0.15, 0.2) is 5.13 Å². The molecular formula is C11H19N3OS. The lowest BCUT2D eigenvalue weighted by Crippen LogP contribution is -2.43. The van der Waals surface area contributed by atoms with E-state index in [1.165, 1.54) is 4.88 Å². The third-order valence-corrected chi connectivity index (χ3v) is 3.88. The quantitative estimate of drug-likeness (QED) is 0.870. The molecule has 0 aromatic carbocycles. The molecule has 0 unspecified atom stereocenters. The summed E-state index contributed by atoms with van der Waals surface area (Å²) in [7, 11) is 2.13. The van der Waals surface area contributed by atoms with Crippen LogP contribution in [0.3, 0.4) is 0 Å². The smallest absolute Gasteiger partial charge is 0.183 e. The number of rotatable bonds is 3. The SMILES string of the molecule is Cc1nc(NC[C@H]2CN(C)CCO2)sc1C. The molecule has 1 atom stereocenters. The number of hydrogen-bond donors (Lipinski definition) is 1. The Kier molecular flexibility index (Phi) is 3.78. The highest BCUT2D eigenvalue weighted by molar-refractivity contribution is 7.15. The van der Waals surface area contributed by atoms with Gasteiger partial charge >= 0.3 is 0 Å². The molecule has 5 heteroatoms. The van der Waals surface area contributed by atoms with Crippen molar-refractivity contribution in [2.45, 2.75) is 20.0 Å². The Bertz CT molecular complexity index is 333. The Morgan fingerprint density at radius 2 is 2.38 bits per heavy atom. The normalized spacial score (nSPS) is 22.3. The van der Waals surface area contributed by atoms with E-state index in [4.69, 9.17) is 4.74 Å². The number of anilines is 1. The summed E-state index contributed by atoms with van der Waals surface area (Å²) in [5.41, 5.74) is 1.12. The molecule has 1 aliphatic rings. The maximum absolute atomic E-state index is 5.68. The molecule has 4 nitrogen and oxygen atoms in total. The van der Waals surface area contributed by atoms with Gasteiger partial charge in [-0.1, -0.05) is 0 Å². The van der Waals surface area contributed by atoms with Crippen LogP contribution in [0.15, 0.2) is 0 Å². The van der Waals surface area contributed by atoms with E-state index in [1.807, 2.05) is 6.92 Å². The van der Waals surface area contributed by atoms with Crippen LogP contribution >= 0.6 is 11.3 Å². The van der Waals surface area contributed by atoms with Crippen molar-refractivity contribution in [3.63, 3.8) is 0 Å². The van der Waals surface area contributed by atoms with Gasteiger partial charge in [0.1, 0.15) is 0 Å². The molecule has 1 aromatic heterocycles. The third-order valence-electron chi connectivity index (χ3n) is 2.85. The van der Waals surface area contributed by atoms with E-state index in [-0.39, 0.29) is 6.10 Å². The molecule has 1 aliphatic heterocycles. The van der Waals surface area contributed by atoms with Crippen LogP contribution in [0.4, 0.5) is 5.13 Å². The van der Waals surface area contributed by atoms with Gasteiger partial charge in [0.2, 0.25) is 0 Å². The molecule has 0 spiro atoms. The second-order valence-electron chi connectivity index (χ2n) is 4.30. The van der Waals surface area contributed by atoms with Crippen LogP contribution in [-0.2, 0) is 4.74 Å². The fourth-order valence-corrected chi connectivity index (χ4v) is 2.56. The van der Waals surface area contributed by atoms with Crippen molar-refractivity contribution in [3.8, 4) is 0 Å². The Balaban J connectivity index is 1.82. The van der Waals surface area contributed by atoms with Crippen LogP contribution in [0.5, 0.6) is 0 Å². The number of aromatic nitrogens is 1. The number of ether oxygens (including phenoxy) is 1. The maximum Gasteiger partial charge on any atom is 0.183 e. The minimum Gasteiger partial charge on any atom is -0.374 e. The van der Waals surface area contributed by atoms with E-state index >= 15 is 0 Å². The molecule has 1 N–H and O–H groups in total. The zero-order chi connectivity index (χ0) is 11.5. The lowest BCUT2D eigenvalue weighted by atomic mass is 10.3. The number of likely N-dealkylation sites (N-methyl/N-ethyl adjacent to an activating group) is 1. The highest BCUT2D eigenvalue weighted by Crippen LogP contribution is 2.21. The molecule has 2 rings (SSSR count). The zero-order valence-electron chi connectivity index (χ0n) is 10.1. The fraction of sp³-hybridized carbons (Fsp3) is 0.727. The van der Waals surface area contributed by atoms with Gasteiger partial charge in [0.25, 0.3) is 0 Å². The van der Waals surface area contributed by atoms with Gasteiger partial charge in [0, 0.05) is 24.5 Å². The largest absolute Gasteiger partial charge is 0.374 e. The van der Waals surface area contributed by atoms with Crippen LogP contribution in [-0.4, -0.2) is 49.3 Å². The predicted octanol–water partition coefficient (Wildman–Crippen LogP) is 1.50. The van der Waals surface area contributed by atoms with Gasteiger partial charge in [-0.3, -0.25) is 0 Å². The minimum atomic E-state index is 0.281. The number of thiazole rings is 1. The van der Waals surface area contributed by atoms with E-state index in [0.29, 0.717) is 0 Å². The molecule has 1 fully saturated rings. The molecular weight excluding hydrogens is 222 g/mol. The standard InChI is InChI=1S/C11H19N3OS/c1-8-9(2)16-11(13-8)12-6-10-7-14(3)4-5-15-10/h10H,4-7H2,1-3H3,(H,12,13)/t10-/m0/s1. The van der Waals surface area contributed by atoms with Crippen LogP contribution < -0.4 is 5.32 Å². The topological polar surface area (TPSA) is 37.4 Å². The first-order chi connectivity index (χ1) is 7.65. The summed E-state index contributed by atoms with van der Waals surface area (Å²) in [4.78, 5) is 8.03. The van der Waals surface area contributed by atoms with E-state index in [0.717, 1.165) is 37.1 Å². The Morgan fingerprint density at radius 1 is 1.56 bits per heavy atom. The molecule has 2 heterocycles. The third kappa shape index (κ3) is 2.93. The predicted molar refractivity (Wildman–Crippen MR) is 67.3 cm³/mol. The van der Waals surface area contributed by atoms with E-state index < -0.39 is 0 Å². The summed E-state index contributed by atoms with van der Waals surface area (Å²) < 4.78 is 5.68. The van der Waals surface area contributed by atoms with Crippen molar-refractivity contribution < 1.29 is 4.74 Å². The summed E-state index contributed by atoms with van der Waals surface area (Å²) in [5.74, 6) is 0. The van der Waals surface area contributed by atoms with Crippen molar-refractivity contribution in [2.24, 2.45) is 0 Å². The molecule has 0 amide bonds. The van der Waals surface area contributed by atoms with Crippen LogP contribution in [0, 0.1) is 13.8 Å². The minimum absolute atomic E-state index is 0.281. The van der Waals surface area contributed by atoms with Gasteiger partial charge < -0.3 is 15.0 Å². The first kappa shape index (κ1) is 11.8. The summed E-state index contributed by atoms with van der Waals surface area (Å²) in [6, 6.07) is 0. The summed E-state index contributed by atoms with van der Waals surface area (Å²) in [6.45, 7) is 7.85. The number of nitrogens with zero attached hydrogens (tertiary/aromatic N) is 2. The van der Waals surface area contributed by atoms with E-state index in [9.17, 15) is 0 Å². The molecule has 0 radical (unpaired) electrons. The molecule has 1 saturated heterocycles. The number of morpholine rings is 1. The van der Waals surface area contributed by atoms with Crippen LogP contribution in [0.25, 0.3) is 0 Å². The van der Waals surface area contributed by atoms with Crippen molar-refractivity contribution in [1.82, 2.24) is 9.88 Å². The summed E-state index contributed by atoms with van der Waals surface area (Å²) in [5, 5.41) is 4.36. The van der Waals surface area contributed by atoms with Crippen molar-refractivity contribution in [2.75, 3.05) is 38.6 Å². The zero-order valence-corrected chi connectivity index (χ0v) is 10.9. The Labute approximate surface area is 101 Å². The second-order valence-corrected chi connectivity index (χ2v) is 5.50. The molecule has 0 bridgehead atoms. The van der Waals surface area contributed by atoms with Gasteiger partial charge in [-0.05, 0) is 20.9 Å². The van der Waals surface area contributed by atoms with Crippen molar-refractivity contribution in [1.29, 1.82) is 0 Å². The van der Waals surface area contributed by atoms with Gasteiger partial charge in [-0.2, -0.15) is 0 Å². The first-order valence-corrected chi connectivity index (χ1v) is 6.45. The highest BCUT2D eigenvalue weighted by atomic mass is 32.1. The fourth-order valence-electron chi connectivity index (χ4n) is 1.74. The number of hydrogen-bond acceptors (Lipinski definition) is 5. The van der Waals surface area contributed by atoms with Gasteiger partial charge in [0.05, 0.1) is 18.4 Å². The number of nitrogens with one attached hydrogen (secondary N) is 1. The molecule has 1 aromatic rings. The second kappa shape index (κ2) is 5.12. The average Bonchev–Trinajstić information content (AvgIpc) is 2.56. The summed E-state index contributed by atoms with van der Waals surface area (Å²) >= 11 is 1.71. The lowest BCUT2D eigenvalue weighted by Gasteiger charge is -2.29. The van der Waals surface area contributed by atoms with Gasteiger partial charge in [-0.25, -0.2) is 4.98 Å². The highest BCUT2D eigenvalue weighted by Gasteiger charge is 2.17. The lowest BCUT2D eigenvalue weighted by molar-refractivity contribution is -0.0117. The average molecular weight is 241 g/mol. The maximum atomic E-state index is 5.68. The number of aryl methyl sites for hydroxylation is 2. The monoisotopic (exact) mass is 241 g/mol. The van der Waals surface area contributed by atoms with Gasteiger partial charge in [-0.15, -0.1) is 11.3 Å².